The number of thioether (sulfide) groups is 1. The van der Waals surface area contributed by atoms with Gasteiger partial charge in [0, 0.05) is 29.6 Å². The van der Waals surface area contributed by atoms with Crippen LogP contribution in [0.1, 0.15) is 31.0 Å². The number of hydrogen-bond donors (Lipinski definition) is 3. The van der Waals surface area contributed by atoms with Crippen LogP contribution in [0.5, 0.6) is 0 Å². The second-order valence-corrected chi connectivity index (χ2v) is 7.77. The van der Waals surface area contributed by atoms with Crippen LogP contribution in [-0.2, 0) is 22.4 Å². The van der Waals surface area contributed by atoms with Crippen LogP contribution in [0.4, 0.5) is 11.4 Å². The van der Waals surface area contributed by atoms with Crippen LogP contribution in [0.3, 0.4) is 0 Å². The van der Waals surface area contributed by atoms with Crippen molar-refractivity contribution in [1.82, 2.24) is 19.6 Å². The summed E-state index contributed by atoms with van der Waals surface area (Å²) in [6.45, 7) is 1.43. The first-order chi connectivity index (χ1) is 14.0. The van der Waals surface area contributed by atoms with Crippen molar-refractivity contribution >= 4 is 40.7 Å². The highest BCUT2D eigenvalue weighted by atomic mass is 32.2. The Morgan fingerprint density at radius 1 is 1.17 bits per heavy atom. The van der Waals surface area contributed by atoms with E-state index in [0.29, 0.717) is 22.3 Å². The Morgan fingerprint density at radius 3 is 2.72 bits per heavy atom. The first-order valence-corrected chi connectivity index (χ1v) is 10.3. The average Bonchev–Trinajstić information content (AvgIpc) is 3.09. The summed E-state index contributed by atoms with van der Waals surface area (Å²) in [6, 6.07) is 6.94. The lowest BCUT2D eigenvalue weighted by Gasteiger charge is -2.16. The van der Waals surface area contributed by atoms with Gasteiger partial charge in [0.05, 0.1) is 5.75 Å². The van der Waals surface area contributed by atoms with Crippen LogP contribution in [-0.4, -0.2) is 37.1 Å². The zero-order chi connectivity index (χ0) is 20.4. The standard InChI is InChI=1S/C19H20N6O3S/c1-11(26)20-12-5-4-6-13(9-12)21-16(27)10-29-19-24-23-18-22-17(28)14-7-2-3-8-15(14)25(18)19/h4-6,9H,2-3,7-8,10H2,1H3,(H,20,26)(H,21,27)(H,22,23,28). The smallest absolute Gasteiger partial charge is 0.255 e. The molecule has 9 nitrogen and oxygen atoms in total. The summed E-state index contributed by atoms with van der Waals surface area (Å²) in [5, 5.41) is 14.3. The molecule has 3 aromatic rings. The Bertz CT molecular complexity index is 1150. The number of carbonyl (C=O) groups excluding carboxylic acids is 2. The monoisotopic (exact) mass is 412 g/mol. The number of hydrogen-bond acceptors (Lipinski definition) is 6. The SMILES string of the molecule is CC(=O)Nc1cccc(NC(=O)CSc2nnc3[nH]c(=O)c4c(n23)CCCC4)c1. The van der Waals surface area contributed by atoms with E-state index in [1.807, 2.05) is 4.40 Å². The van der Waals surface area contributed by atoms with E-state index >= 15 is 0 Å². The Morgan fingerprint density at radius 2 is 1.93 bits per heavy atom. The van der Waals surface area contributed by atoms with Crippen molar-refractivity contribution in [3.05, 3.63) is 45.9 Å². The number of aromatic nitrogens is 4. The van der Waals surface area contributed by atoms with Gasteiger partial charge in [-0.3, -0.25) is 23.8 Å². The topological polar surface area (TPSA) is 121 Å². The summed E-state index contributed by atoms with van der Waals surface area (Å²) in [7, 11) is 0. The lowest BCUT2D eigenvalue weighted by Crippen LogP contribution is -2.23. The molecule has 0 aliphatic heterocycles. The highest BCUT2D eigenvalue weighted by Crippen LogP contribution is 2.24. The molecule has 1 aliphatic carbocycles. The maximum Gasteiger partial charge on any atom is 0.255 e. The van der Waals surface area contributed by atoms with Crippen molar-refractivity contribution in [1.29, 1.82) is 0 Å². The van der Waals surface area contributed by atoms with Crippen LogP contribution in [0.15, 0.2) is 34.2 Å². The Balaban J connectivity index is 1.48. The third kappa shape index (κ3) is 4.16. The van der Waals surface area contributed by atoms with Gasteiger partial charge >= 0.3 is 0 Å². The molecule has 0 saturated heterocycles. The molecule has 0 saturated carbocycles. The number of nitrogens with one attached hydrogen (secondary N) is 3. The first-order valence-electron chi connectivity index (χ1n) is 9.31. The Hall–Kier alpha value is -3.14. The molecule has 0 fully saturated rings. The maximum absolute atomic E-state index is 12.4. The van der Waals surface area contributed by atoms with Gasteiger partial charge in [-0.2, -0.15) is 0 Å². The second kappa shape index (κ2) is 8.08. The summed E-state index contributed by atoms with van der Waals surface area (Å²) in [5.41, 5.74) is 2.82. The number of amides is 2. The molecule has 2 heterocycles. The number of aromatic amines is 1. The minimum Gasteiger partial charge on any atom is -0.326 e. The van der Waals surface area contributed by atoms with E-state index in [1.165, 1.54) is 18.7 Å². The number of rotatable bonds is 5. The van der Waals surface area contributed by atoms with Gasteiger partial charge in [0.15, 0.2) is 5.16 Å². The molecule has 0 unspecified atom stereocenters. The molecule has 0 spiro atoms. The van der Waals surface area contributed by atoms with E-state index in [0.717, 1.165) is 36.9 Å². The molecule has 1 aromatic carbocycles. The van der Waals surface area contributed by atoms with Crippen molar-refractivity contribution in [2.45, 2.75) is 37.8 Å². The Kier molecular flexibility index (Phi) is 5.34. The van der Waals surface area contributed by atoms with E-state index in [-0.39, 0.29) is 23.1 Å². The molecule has 29 heavy (non-hydrogen) atoms. The maximum atomic E-state index is 12.4. The number of H-pyrrole nitrogens is 1. The summed E-state index contributed by atoms with van der Waals surface area (Å²) >= 11 is 1.26. The number of anilines is 2. The summed E-state index contributed by atoms with van der Waals surface area (Å²) in [6.07, 6.45) is 3.54. The molecule has 150 valence electrons. The van der Waals surface area contributed by atoms with Gasteiger partial charge in [-0.1, -0.05) is 17.8 Å². The number of carbonyl (C=O) groups is 2. The number of benzene rings is 1. The number of nitrogens with zero attached hydrogens (tertiary/aromatic N) is 3. The quantitative estimate of drug-likeness (QED) is 0.551. The van der Waals surface area contributed by atoms with Crippen molar-refractivity contribution in [2.24, 2.45) is 0 Å². The van der Waals surface area contributed by atoms with Gasteiger partial charge in [0.1, 0.15) is 0 Å². The van der Waals surface area contributed by atoms with Gasteiger partial charge < -0.3 is 10.6 Å². The van der Waals surface area contributed by atoms with Gasteiger partial charge in [-0.25, -0.2) is 0 Å². The van der Waals surface area contributed by atoms with Crippen molar-refractivity contribution in [3.8, 4) is 0 Å². The molecule has 0 atom stereocenters. The summed E-state index contributed by atoms with van der Waals surface area (Å²) < 4.78 is 1.85. The van der Waals surface area contributed by atoms with Gasteiger partial charge in [-0.15, -0.1) is 10.2 Å². The van der Waals surface area contributed by atoms with Crippen LogP contribution in [0.25, 0.3) is 5.78 Å². The highest BCUT2D eigenvalue weighted by molar-refractivity contribution is 7.99. The van der Waals surface area contributed by atoms with Crippen LogP contribution >= 0.6 is 11.8 Å². The van der Waals surface area contributed by atoms with Crippen molar-refractivity contribution < 1.29 is 9.59 Å². The molecule has 2 amide bonds. The Labute approximate surface area is 170 Å². The van der Waals surface area contributed by atoms with Crippen LogP contribution in [0, 0.1) is 0 Å². The molecule has 4 rings (SSSR count). The molecule has 0 radical (unpaired) electrons. The largest absolute Gasteiger partial charge is 0.326 e. The predicted octanol–water partition coefficient (Wildman–Crippen LogP) is 1.99. The fourth-order valence-corrected chi connectivity index (χ4v) is 4.21. The first kappa shape index (κ1) is 19.2. The normalized spacial score (nSPS) is 13.1. The number of aryl methyl sites for hydroxylation is 1. The van der Waals surface area contributed by atoms with Gasteiger partial charge in [-0.05, 0) is 43.9 Å². The summed E-state index contributed by atoms with van der Waals surface area (Å²) in [5.74, 6) is 0.162. The molecular formula is C19H20N6O3S. The molecule has 1 aliphatic rings. The van der Waals surface area contributed by atoms with Gasteiger partial charge in [0.2, 0.25) is 17.6 Å². The minimum absolute atomic E-state index is 0.104. The second-order valence-electron chi connectivity index (χ2n) is 6.83. The molecule has 10 heteroatoms. The predicted molar refractivity (Wildman–Crippen MR) is 110 cm³/mol. The molecule has 3 N–H and O–H groups in total. The van der Waals surface area contributed by atoms with E-state index < -0.39 is 0 Å². The molecular weight excluding hydrogens is 392 g/mol. The lowest BCUT2D eigenvalue weighted by atomic mass is 9.97. The third-order valence-corrected chi connectivity index (χ3v) is 5.57. The van der Waals surface area contributed by atoms with E-state index in [1.54, 1.807) is 24.3 Å². The van der Waals surface area contributed by atoms with E-state index in [2.05, 4.69) is 25.8 Å². The fraction of sp³-hybridized carbons (Fsp3) is 0.316. The van der Waals surface area contributed by atoms with Crippen molar-refractivity contribution in [3.63, 3.8) is 0 Å². The van der Waals surface area contributed by atoms with E-state index in [9.17, 15) is 14.4 Å². The van der Waals surface area contributed by atoms with E-state index in [4.69, 9.17) is 0 Å². The van der Waals surface area contributed by atoms with Crippen LogP contribution in [0.2, 0.25) is 0 Å². The zero-order valence-electron chi connectivity index (χ0n) is 15.8. The molecule has 0 bridgehead atoms. The minimum atomic E-state index is -0.204. The zero-order valence-corrected chi connectivity index (χ0v) is 16.6. The van der Waals surface area contributed by atoms with Crippen molar-refractivity contribution in [2.75, 3.05) is 16.4 Å². The van der Waals surface area contributed by atoms with Gasteiger partial charge in [0.25, 0.3) is 5.56 Å². The average molecular weight is 412 g/mol. The third-order valence-electron chi connectivity index (χ3n) is 4.64. The lowest BCUT2D eigenvalue weighted by molar-refractivity contribution is -0.114. The number of fused-ring (bicyclic) bond motifs is 3. The summed E-state index contributed by atoms with van der Waals surface area (Å²) in [4.78, 5) is 38.5. The van der Waals surface area contributed by atoms with Crippen LogP contribution < -0.4 is 16.2 Å². The molecule has 2 aromatic heterocycles. The highest BCUT2D eigenvalue weighted by Gasteiger charge is 2.20. The fourth-order valence-electron chi connectivity index (χ4n) is 3.45.